The minimum atomic E-state index is -0.241. The maximum absolute atomic E-state index is 11.9. The highest BCUT2D eigenvalue weighted by Gasteiger charge is 2.12. The number of rotatable bonds is 5. The van der Waals surface area contributed by atoms with Gasteiger partial charge in [0.05, 0.1) is 11.3 Å². The van der Waals surface area contributed by atoms with Crippen molar-refractivity contribution >= 4 is 35.0 Å². The third-order valence-electron chi connectivity index (χ3n) is 2.95. The molecule has 0 saturated carbocycles. The van der Waals surface area contributed by atoms with Crippen LogP contribution in [0.2, 0.25) is 0 Å². The summed E-state index contributed by atoms with van der Waals surface area (Å²) in [7, 11) is 0. The van der Waals surface area contributed by atoms with E-state index in [0.29, 0.717) is 17.2 Å². The molecule has 5 nitrogen and oxygen atoms in total. The van der Waals surface area contributed by atoms with Crippen molar-refractivity contribution in [2.45, 2.75) is 11.3 Å². The fraction of sp³-hybridized carbons (Fsp3) is 0.133. The van der Waals surface area contributed by atoms with Gasteiger partial charge in [0, 0.05) is 4.90 Å². The van der Waals surface area contributed by atoms with Crippen molar-refractivity contribution in [2.75, 3.05) is 11.6 Å². The van der Waals surface area contributed by atoms with E-state index in [1.165, 1.54) is 16.2 Å². The summed E-state index contributed by atoms with van der Waals surface area (Å²) in [5.74, 6) is 0.230. The molecule has 1 amide bonds. The highest BCUT2D eigenvalue weighted by atomic mass is 32.2. The molecule has 2 aromatic heterocycles. The van der Waals surface area contributed by atoms with Crippen LogP contribution in [0.3, 0.4) is 0 Å². The van der Waals surface area contributed by atoms with Crippen molar-refractivity contribution in [3.63, 3.8) is 0 Å². The van der Waals surface area contributed by atoms with Crippen molar-refractivity contribution in [2.24, 2.45) is 0 Å². The third-order valence-corrected chi connectivity index (χ3v) is 4.56. The van der Waals surface area contributed by atoms with Gasteiger partial charge in [-0.05, 0) is 35.4 Å². The molecule has 0 saturated heterocycles. The third kappa shape index (κ3) is 3.55. The first kappa shape index (κ1) is 14.8. The van der Waals surface area contributed by atoms with Crippen LogP contribution >= 0.6 is 23.1 Å². The highest BCUT2D eigenvalue weighted by molar-refractivity contribution is 7.98. The molecular formula is C15H13N3O2S2. The zero-order valence-electron chi connectivity index (χ0n) is 11.8. The van der Waals surface area contributed by atoms with Gasteiger partial charge in [0.2, 0.25) is 5.89 Å². The summed E-state index contributed by atoms with van der Waals surface area (Å²) in [6.07, 6.45) is 2.58. The van der Waals surface area contributed by atoms with Gasteiger partial charge in [0.15, 0.2) is 0 Å². The number of anilines is 1. The number of benzene rings is 1. The Balaban J connectivity index is 1.64. The first-order valence-electron chi connectivity index (χ1n) is 6.55. The summed E-state index contributed by atoms with van der Waals surface area (Å²) >= 11 is 3.05. The van der Waals surface area contributed by atoms with E-state index in [1.807, 2.05) is 29.8 Å². The van der Waals surface area contributed by atoms with E-state index in [1.54, 1.807) is 17.8 Å². The van der Waals surface area contributed by atoms with Crippen LogP contribution in [-0.2, 0) is 6.42 Å². The number of thioether (sulfide) groups is 1. The summed E-state index contributed by atoms with van der Waals surface area (Å²) in [4.78, 5) is 13.7. The SMILES string of the molecule is CSc1ccc(Cc2nnc(NC(=O)c3cccs3)o2)cc1. The number of hydrogen-bond acceptors (Lipinski definition) is 6. The molecule has 3 rings (SSSR count). The number of nitrogens with one attached hydrogen (secondary N) is 1. The van der Waals surface area contributed by atoms with Crippen molar-refractivity contribution in [3.05, 3.63) is 58.1 Å². The van der Waals surface area contributed by atoms with Crippen LogP contribution < -0.4 is 5.32 Å². The minimum Gasteiger partial charge on any atom is -0.407 e. The van der Waals surface area contributed by atoms with Gasteiger partial charge in [-0.1, -0.05) is 23.3 Å². The van der Waals surface area contributed by atoms with E-state index in [2.05, 4.69) is 27.6 Å². The molecule has 7 heteroatoms. The van der Waals surface area contributed by atoms with E-state index in [0.717, 1.165) is 5.56 Å². The average Bonchev–Trinajstić information content (AvgIpc) is 3.20. The van der Waals surface area contributed by atoms with Crippen LogP contribution in [0, 0.1) is 0 Å². The second-order valence-corrected chi connectivity index (χ2v) is 6.28. The number of hydrogen-bond donors (Lipinski definition) is 1. The summed E-state index contributed by atoms with van der Waals surface area (Å²) in [5.41, 5.74) is 1.08. The Kier molecular flexibility index (Phi) is 4.55. The van der Waals surface area contributed by atoms with Crippen LogP contribution in [0.25, 0.3) is 0 Å². The molecule has 0 aliphatic rings. The quantitative estimate of drug-likeness (QED) is 0.722. The van der Waals surface area contributed by atoms with Crippen molar-refractivity contribution < 1.29 is 9.21 Å². The fourth-order valence-corrected chi connectivity index (χ4v) is 2.89. The first-order chi connectivity index (χ1) is 10.7. The Hall–Kier alpha value is -2.12. The van der Waals surface area contributed by atoms with E-state index in [4.69, 9.17) is 4.42 Å². The molecule has 0 radical (unpaired) electrons. The minimum absolute atomic E-state index is 0.120. The zero-order chi connectivity index (χ0) is 15.4. The van der Waals surface area contributed by atoms with Crippen molar-refractivity contribution in [3.8, 4) is 0 Å². The standard InChI is InChI=1S/C15H13N3O2S2/c1-21-11-6-4-10(5-7-11)9-13-17-18-15(20-13)16-14(19)12-3-2-8-22-12/h2-8H,9H2,1H3,(H,16,18,19). The van der Waals surface area contributed by atoms with Gasteiger partial charge in [-0.15, -0.1) is 28.2 Å². The maximum atomic E-state index is 11.9. The molecule has 0 atom stereocenters. The molecule has 0 fully saturated rings. The predicted octanol–water partition coefficient (Wildman–Crippen LogP) is 3.70. The Morgan fingerprint density at radius 1 is 1.27 bits per heavy atom. The normalized spacial score (nSPS) is 10.6. The van der Waals surface area contributed by atoms with Crippen LogP contribution in [0.15, 0.2) is 51.1 Å². The smallest absolute Gasteiger partial charge is 0.322 e. The molecule has 2 heterocycles. The molecule has 1 N–H and O–H groups in total. The number of thiophene rings is 1. The van der Waals surface area contributed by atoms with Crippen LogP contribution in [0.5, 0.6) is 0 Å². The van der Waals surface area contributed by atoms with E-state index >= 15 is 0 Å². The molecular weight excluding hydrogens is 318 g/mol. The summed E-state index contributed by atoms with van der Waals surface area (Å²) in [6.45, 7) is 0. The Bertz CT molecular complexity index is 751. The lowest BCUT2D eigenvalue weighted by Gasteiger charge is -1.99. The Morgan fingerprint density at radius 3 is 2.77 bits per heavy atom. The number of carbonyl (C=O) groups excluding carboxylic acids is 1. The van der Waals surface area contributed by atoms with Crippen molar-refractivity contribution in [1.29, 1.82) is 0 Å². The predicted molar refractivity (Wildman–Crippen MR) is 87.6 cm³/mol. The van der Waals surface area contributed by atoms with Crippen LogP contribution in [0.4, 0.5) is 6.01 Å². The van der Waals surface area contributed by atoms with E-state index in [9.17, 15) is 4.79 Å². The summed E-state index contributed by atoms with van der Waals surface area (Å²) in [6, 6.07) is 11.8. The first-order valence-corrected chi connectivity index (χ1v) is 8.65. The van der Waals surface area contributed by atoms with Crippen LogP contribution in [-0.4, -0.2) is 22.4 Å². The van der Waals surface area contributed by atoms with Gasteiger partial charge in [0.25, 0.3) is 5.91 Å². The average molecular weight is 331 g/mol. The lowest BCUT2D eigenvalue weighted by molar-refractivity contribution is 0.102. The number of amides is 1. The maximum Gasteiger partial charge on any atom is 0.322 e. The zero-order valence-corrected chi connectivity index (χ0v) is 13.4. The lowest BCUT2D eigenvalue weighted by atomic mass is 10.1. The molecule has 0 spiro atoms. The number of carbonyl (C=O) groups is 1. The number of nitrogens with zero attached hydrogens (tertiary/aromatic N) is 2. The molecule has 22 heavy (non-hydrogen) atoms. The Labute approximate surface area is 135 Å². The monoisotopic (exact) mass is 331 g/mol. The van der Waals surface area contributed by atoms with Crippen LogP contribution in [0.1, 0.15) is 21.1 Å². The molecule has 0 bridgehead atoms. The lowest BCUT2D eigenvalue weighted by Crippen LogP contribution is -2.10. The molecule has 1 aromatic carbocycles. The molecule has 0 aliphatic carbocycles. The second kappa shape index (κ2) is 6.76. The number of aromatic nitrogens is 2. The fourth-order valence-electron chi connectivity index (χ4n) is 1.86. The summed E-state index contributed by atoms with van der Waals surface area (Å²) in [5, 5.41) is 12.2. The summed E-state index contributed by atoms with van der Waals surface area (Å²) < 4.78 is 5.46. The highest BCUT2D eigenvalue weighted by Crippen LogP contribution is 2.18. The second-order valence-electron chi connectivity index (χ2n) is 4.46. The molecule has 112 valence electrons. The van der Waals surface area contributed by atoms with Gasteiger partial charge < -0.3 is 4.42 Å². The van der Waals surface area contributed by atoms with Gasteiger partial charge in [-0.2, -0.15) is 0 Å². The van der Waals surface area contributed by atoms with Crippen molar-refractivity contribution in [1.82, 2.24) is 10.2 Å². The molecule has 0 unspecified atom stereocenters. The van der Waals surface area contributed by atoms with Gasteiger partial charge in [-0.25, -0.2) is 0 Å². The van der Waals surface area contributed by atoms with Gasteiger partial charge >= 0.3 is 6.01 Å². The van der Waals surface area contributed by atoms with Gasteiger partial charge in [0.1, 0.15) is 0 Å². The van der Waals surface area contributed by atoms with E-state index in [-0.39, 0.29) is 11.9 Å². The Morgan fingerprint density at radius 2 is 2.09 bits per heavy atom. The molecule has 3 aromatic rings. The largest absolute Gasteiger partial charge is 0.407 e. The topological polar surface area (TPSA) is 68.0 Å². The van der Waals surface area contributed by atoms with Gasteiger partial charge in [-0.3, -0.25) is 10.1 Å². The molecule has 0 aliphatic heterocycles. The van der Waals surface area contributed by atoms with E-state index < -0.39 is 0 Å².